The van der Waals surface area contributed by atoms with Gasteiger partial charge in [-0.2, -0.15) is 0 Å². The van der Waals surface area contributed by atoms with Gasteiger partial charge < -0.3 is 20.3 Å². The van der Waals surface area contributed by atoms with E-state index >= 15 is 0 Å². The van der Waals surface area contributed by atoms with E-state index in [0.717, 1.165) is 12.0 Å². The van der Waals surface area contributed by atoms with Gasteiger partial charge in [0.15, 0.2) is 0 Å². The monoisotopic (exact) mass is 278 g/mol. The standard InChI is InChI=1S/C13H18N4O3/c1-9-3-2-4-17(7-9)13(20)16-11(12(18)19)5-10-6-14-8-15-10/h3,6,8,11H,2,4-5,7H2,1H3,(H,14,15)(H,16,20)(H,18,19)/t11-/m1/s1. The molecule has 0 radical (unpaired) electrons. The van der Waals surface area contributed by atoms with E-state index in [9.17, 15) is 14.7 Å². The fourth-order valence-corrected chi connectivity index (χ4v) is 2.14. The zero-order valence-electron chi connectivity index (χ0n) is 11.3. The molecular formula is C13H18N4O3. The second-order valence-electron chi connectivity index (χ2n) is 4.88. The molecule has 1 aromatic heterocycles. The van der Waals surface area contributed by atoms with Crippen molar-refractivity contribution in [2.45, 2.75) is 25.8 Å². The Kier molecular flexibility index (Phi) is 4.39. The summed E-state index contributed by atoms with van der Waals surface area (Å²) in [5.74, 6) is -1.06. The van der Waals surface area contributed by atoms with Crippen LogP contribution in [0.3, 0.4) is 0 Å². The molecule has 1 atom stereocenters. The first-order chi connectivity index (χ1) is 9.56. The highest BCUT2D eigenvalue weighted by atomic mass is 16.4. The van der Waals surface area contributed by atoms with Crippen molar-refractivity contribution < 1.29 is 14.7 Å². The lowest BCUT2D eigenvalue weighted by Gasteiger charge is -2.27. The Morgan fingerprint density at radius 2 is 2.40 bits per heavy atom. The van der Waals surface area contributed by atoms with Crippen LogP contribution in [0.1, 0.15) is 19.0 Å². The number of H-pyrrole nitrogens is 1. The number of aromatic amines is 1. The molecule has 0 saturated heterocycles. The number of rotatable bonds is 4. The normalized spacial score (nSPS) is 16.4. The van der Waals surface area contributed by atoms with Crippen LogP contribution in [0.25, 0.3) is 0 Å². The molecule has 108 valence electrons. The van der Waals surface area contributed by atoms with Crippen LogP contribution in [0.15, 0.2) is 24.2 Å². The van der Waals surface area contributed by atoms with E-state index in [-0.39, 0.29) is 12.5 Å². The van der Waals surface area contributed by atoms with Gasteiger partial charge in [-0.25, -0.2) is 14.6 Å². The fraction of sp³-hybridized carbons (Fsp3) is 0.462. The van der Waals surface area contributed by atoms with Crippen molar-refractivity contribution >= 4 is 12.0 Å². The molecular weight excluding hydrogens is 260 g/mol. The van der Waals surface area contributed by atoms with Gasteiger partial charge in [-0.15, -0.1) is 0 Å². The molecule has 0 fully saturated rings. The number of aromatic nitrogens is 2. The van der Waals surface area contributed by atoms with Crippen LogP contribution >= 0.6 is 0 Å². The Bertz CT molecular complexity index is 510. The summed E-state index contributed by atoms with van der Waals surface area (Å²) in [7, 11) is 0. The van der Waals surface area contributed by atoms with Crippen molar-refractivity contribution in [3.8, 4) is 0 Å². The number of nitrogens with one attached hydrogen (secondary N) is 2. The Balaban J connectivity index is 1.96. The zero-order valence-corrected chi connectivity index (χ0v) is 11.3. The van der Waals surface area contributed by atoms with Crippen LogP contribution < -0.4 is 5.32 Å². The van der Waals surface area contributed by atoms with Gasteiger partial charge in [-0.3, -0.25) is 0 Å². The number of carboxylic acid groups (broad SMARTS) is 1. The maximum Gasteiger partial charge on any atom is 0.326 e. The quantitative estimate of drug-likeness (QED) is 0.708. The number of amides is 2. The summed E-state index contributed by atoms with van der Waals surface area (Å²) in [5.41, 5.74) is 1.79. The van der Waals surface area contributed by atoms with Crippen molar-refractivity contribution in [3.63, 3.8) is 0 Å². The Morgan fingerprint density at radius 1 is 1.60 bits per heavy atom. The first-order valence-electron chi connectivity index (χ1n) is 6.47. The highest BCUT2D eigenvalue weighted by Crippen LogP contribution is 2.09. The largest absolute Gasteiger partial charge is 0.480 e. The minimum atomic E-state index is -1.06. The molecule has 0 unspecified atom stereocenters. The van der Waals surface area contributed by atoms with E-state index in [1.807, 2.05) is 6.92 Å². The van der Waals surface area contributed by atoms with Gasteiger partial charge in [0.05, 0.1) is 6.33 Å². The molecule has 1 aliphatic heterocycles. The van der Waals surface area contributed by atoms with Gasteiger partial charge in [0.1, 0.15) is 6.04 Å². The predicted octanol–water partition coefficient (Wildman–Crippen LogP) is 0.767. The number of carboxylic acids is 1. The van der Waals surface area contributed by atoms with Crippen LogP contribution in [0.5, 0.6) is 0 Å². The third-order valence-corrected chi connectivity index (χ3v) is 3.19. The third-order valence-electron chi connectivity index (χ3n) is 3.19. The molecule has 0 saturated carbocycles. The van der Waals surface area contributed by atoms with Gasteiger partial charge >= 0.3 is 12.0 Å². The SMILES string of the molecule is CC1=CCCN(C(=O)N[C@H](Cc2cnc[nH]2)C(=O)O)C1. The second-order valence-corrected chi connectivity index (χ2v) is 4.88. The molecule has 1 aromatic rings. The number of nitrogens with zero attached hydrogens (tertiary/aromatic N) is 2. The molecule has 3 N–H and O–H groups in total. The van der Waals surface area contributed by atoms with E-state index < -0.39 is 12.0 Å². The highest BCUT2D eigenvalue weighted by molar-refractivity contribution is 5.83. The average molecular weight is 278 g/mol. The highest BCUT2D eigenvalue weighted by Gasteiger charge is 2.24. The molecule has 2 heterocycles. The van der Waals surface area contributed by atoms with E-state index in [2.05, 4.69) is 21.4 Å². The van der Waals surface area contributed by atoms with Crippen molar-refractivity contribution in [2.75, 3.05) is 13.1 Å². The molecule has 0 bridgehead atoms. The number of urea groups is 1. The lowest BCUT2D eigenvalue weighted by atomic mass is 10.1. The van der Waals surface area contributed by atoms with Crippen molar-refractivity contribution in [3.05, 3.63) is 29.9 Å². The Labute approximate surface area is 116 Å². The summed E-state index contributed by atoms with van der Waals surface area (Å²) in [6, 6.07) is -1.31. The second kappa shape index (κ2) is 6.23. The van der Waals surface area contributed by atoms with E-state index in [4.69, 9.17) is 0 Å². The van der Waals surface area contributed by atoms with Crippen LogP contribution in [-0.2, 0) is 11.2 Å². The van der Waals surface area contributed by atoms with E-state index in [1.165, 1.54) is 6.33 Å². The number of carbonyl (C=O) groups excluding carboxylic acids is 1. The van der Waals surface area contributed by atoms with Crippen LogP contribution in [-0.4, -0.2) is 51.1 Å². The Morgan fingerprint density at radius 3 is 3.00 bits per heavy atom. The number of imidazole rings is 1. The lowest BCUT2D eigenvalue weighted by molar-refractivity contribution is -0.139. The maximum atomic E-state index is 12.1. The summed E-state index contributed by atoms with van der Waals surface area (Å²) in [6.07, 6.45) is 6.11. The van der Waals surface area contributed by atoms with Crippen molar-refractivity contribution in [1.29, 1.82) is 0 Å². The summed E-state index contributed by atoms with van der Waals surface area (Å²) < 4.78 is 0. The first kappa shape index (κ1) is 14.1. The Hall–Kier alpha value is -2.31. The zero-order chi connectivity index (χ0) is 14.5. The van der Waals surface area contributed by atoms with Gasteiger partial charge in [0, 0.05) is 31.4 Å². The summed E-state index contributed by atoms with van der Waals surface area (Å²) in [6.45, 7) is 3.11. The summed E-state index contributed by atoms with van der Waals surface area (Å²) >= 11 is 0. The first-order valence-corrected chi connectivity index (χ1v) is 6.47. The van der Waals surface area contributed by atoms with Gasteiger partial charge in [-0.05, 0) is 13.3 Å². The average Bonchev–Trinajstić information content (AvgIpc) is 2.90. The molecule has 0 aromatic carbocycles. The molecule has 20 heavy (non-hydrogen) atoms. The molecule has 7 heteroatoms. The van der Waals surface area contributed by atoms with E-state index in [0.29, 0.717) is 18.8 Å². The minimum absolute atomic E-state index is 0.184. The van der Waals surface area contributed by atoms with Crippen LogP contribution in [0.2, 0.25) is 0 Å². The van der Waals surface area contributed by atoms with Crippen molar-refractivity contribution in [1.82, 2.24) is 20.2 Å². The smallest absolute Gasteiger partial charge is 0.326 e. The number of carbonyl (C=O) groups is 2. The summed E-state index contributed by atoms with van der Waals surface area (Å²) in [4.78, 5) is 31.6. The number of hydrogen-bond donors (Lipinski definition) is 3. The van der Waals surface area contributed by atoms with Gasteiger partial charge in [-0.1, -0.05) is 11.6 Å². The van der Waals surface area contributed by atoms with E-state index in [1.54, 1.807) is 11.1 Å². The number of aliphatic carboxylic acids is 1. The molecule has 7 nitrogen and oxygen atoms in total. The topological polar surface area (TPSA) is 98.3 Å². The molecule has 1 aliphatic rings. The fourth-order valence-electron chi connectivity index (χ4n) is 2.14. The number of hydrogen-bond acceptors (Lipinski definition) is 3. The van der Waals surface area contributed by atoms with Crippen LogP contribution in [0.4, 0.5) is 4.79 Å². The molecule has 0 aliphatic carbocycles. The lowest BCUT2D eigenvalue weighted by Crippen LogP contribution is -2.50. The molecule has 0 spiro atoms. The van der Waals surface area contributed by atoms with Gasteiger partial charge in [0.2, 0.25) is 0 Å². The molecule has 2 amide bonds. The van der Waals surface area contributed by atoms with Gasteiger partial charge in [0.25, 0.3) is 0 Å². The summed E-state index contributed by atoms with van der Waals surface area (Å²) in [5, 5.41) is 11.7. The minimum Gasteiger partial charge on any atom is -0.480 e. The molecule has 2 rings (SSSR count). The maximum absolute atomic E-state index is 12.1. The van der Waals surface area contributed by atoms with Crippen molar-refractivity contribution in [2.24, 2.45) is 0 Å². The van der Waals surface area contributed by atoms with Crippen LogP contribution in [0, 0.1) is 0 Å². The third kappa shape index (κ3) is 3.59. The predicted molar refractivity (Wildman–Crippen MR) is 72.2 cm³/mol.